The van der Waals surface area contributed by atoms with Crippen molar-refractivity contribution in [1.82, 2.24) is 0 Å². The number of benzene rings is 1. The molecule has 0 aromatic heterocycles. The second-order valence-corrected chi connectivity index (χ2v) is 8.82. The van der Waals surface area contributed by atoms with Gasteiger partial charge >= 0.3 is 5.97 Å². The highest BCUT2D eigenvalue weighted by Crippen LogP contribution is 2.47. The summed E-state index contributed by atoms with van der Waals surface area (Å²) in [4.78, 5) is 12.1. The molecule has 1 aromatic carbocycles. The maximum atomic E-state index is 12.1. The van der Waals surface area contributed by atoms with E-state index in [2.05, 4.69) is 13.8 Å². The molecule has 5 heteroatoms. The smallest absolute Gasteiger partial charge is 0.311 e. The number of carbonyl (C=O) groups is 1. The minimum absolute atomic E-state index is 0.136. The van der Waals surface area contributed by atoms with Crippen molar-refractivity contribution in [2.24, 2.45) is 5.92 Å². The fourth-order valence-electron chi connectivity index (χ4n) is 2.43. The summed E-state index contributed by atoms with van der Waals surface area (Å²) in [7, 11) is 1.66. The molecule has 0 bridgehead atoms. The van der Waals surface area contributed by atoms with Crippen molar-refractivity contribution in [3.8, 4) is 11.5 Å². The van der Waals surface area contributed by atoms with E-state index in [-0.39, 0.29) is 5.97 Å². The maximum Gasteiger partial charge on any atom is 0.311 e. The summed E-state index contributed by atoms with van der Waals surface area (Å²) in [6.45, 7) is 4.34. The van der Waals surface area contributed by atoms with Crippen molar-refractivity contribution in [3.63, 3.8) is 0 Å². The highest BCUT2D eigenvalue weighted by molar-refractivity contribution is 8.16. The summed E-state index contributed by atoms with van der Waals surface area (Å²) in [5, 5.41) is 0. The molecule has 0 saturated carbocycles. The van der Waals surface area contributed by atoms with Gasteiger partial charge in [-0.1, -0.05) is 20.3 Å². The number of rotatable bonds is 7. The average molecular weight is 355 g/mol. The first-order chi connectivity index (χ1) is 11.1. The summed E-state index contributed by atoms with van der Waals surface area (Å²) >= 11 is 3.83. The molecule has 23 heavy (non-hydrogen) atoms. The first kappa shape index (κ1) is 18.5. The molecule has 1 aliphatic rings. The maximum absolute atomic E-state index is 12.1. The zero-order valence-electron chi connectivity index (χ0n) is 14.2. The van der Waals surface area contributed by atoms with Crippen LogP contribution in [0.15, 0.2) is 18.2 Å². The molecule has 0 atom stereocenters. The zero-order chi connectivity index (χ0) is 16.7. The molecule has 0 N–H and O–H groups in total. The van der Waals surface area contributed by atoms with Crippen molar-refractivity contribution in [2.75, 3.05) is 18.6 Å². The Morgan fingerprint density at radius 1 is 1.30 bits per heavy atom. The summed E-state index contributed by atoms with van der Waals surface area (Å²) < 4.78 is 11.3. The summed E-state index contributed by atoms with van der Waals surface area (Å²) in [5.74, 6) is 4.28. The first-order valence-corrected chi connectivity index (χ1v) is 10.3. The molecule has 1 aliphatic heterocycles. The minimum Gasteiger partial charge on any atom is -0.497 e. The van der Waals surface area contributed by atoms with Crippen LogP contribution in [0.25, 0.3) is 0 Å². The highest BCUT2D eigenvalue weighted by atomic mass is 32.2. The molecule has 0 amide bonds. The van der Waals surface area contributed by atoms with E-state index in [1.54, 1.807) is 7.11 Å². The quantitative estimate of drug-likeness (QED) is 0.491. The largest absolute Gasteiger partial charge is 0.497 e. The van der Waals surface area contributed by atoms with Crippen LogP contribution >= 0.6 is 23.5 Å². The van der Waals surface area contributed by atoms with Crippen LogP contribution in [0.5, 0.6) is 11.5 Å². The van der Waals surface area contributed by atoms with Crippen LogP contribution in [-0.2, 0) is 4.79 Å². The van der Waals surface area contributed by atoms with Crippen molar-refractivity contribution in [2.45, 2.75) is 44.1 Å². The van der Waals surface area contributed by atoms with Crippen LogP contribution in [0.3, 0.4) is 0 Å². The van der Waals surface area contributed by atoms with Crippen molar-refractivity contribution in [1.29, 1.82) is 0 Å². The van der Waals surface area contributed by atoms with Gasteiger partial charge in [0.15, 0.2) is 0 Å². The summed E-state index contributed by atoms with van der Waals surface area (Å²) in [5.41, 5.74) is 1.07. The van der Waals surface area contributed by atoms with Crippen LogP contribution < -0.4 is 9.47 Å². The number of esters is 1. The van der Waals surface area contributed by atoms with Gasteiger partial charge in [-0.2, -0.15) is 0 Å². The van der Waals surface area contributed by atoms with Gasteiger partial charge in [0.05, 0.1) is 11.7 Å². The van der Waals surface area contributed by atoms with E-state index in [4.69, 9.17) is 9.47 Å². The number of ether oxygens (including phenoxy) is 2. The van der Waals surface area contributed by atoms with Gasteiger partial charge < -0.3 is 9.47 Å². The van der Waals surface area contributed by atoms with Gasteiger partial charge in [-0.3, -0.25) is 4.79 Å². The van der Waals surface area contributed by atoms with Gasteiger partial charge in [-0.15, -0.1) is 23.5 Å². The molecule has 0 radical (unpaired) electrons. The van der Waals surface area contributed by atoms with E-state index >= 15 is 0 Å². The third-order valence-electron chi connectivity index (χ3n) is 3.68. The van der Waals surface area contributed by atoms with E-state index in [0.717, 1.165) is 35.7 Å². The third-order valence-corrected chi connectivity index (χ3v) is 6.66. The lowest BCUT2D eigenvalue weighted by atomic mass is 10.1. The Balaban J connectivity index is 2.05. The lowest BCUT2D eigenvalue weighted by Crippen LogP contribution is -2.11. The highest BCUT2D eigenvalue weighted by Gasteiger charge is 2.22. The Morgan fingerprint density at radius 2 is 2.04 bits per heavy atom. The molecule has 2 rings (SSSR count). The SMILES string of the molecule is COc1ccc(OC(=O)CCCC(C)C)c(C2SCCCS2)c1. The van der Waals surface area contributed by atoms with E-state index in [1.807, 2.05) is 41.7 Å². The second kappa shape index (κ2) is 9.48. The van der Waals surface area contributed by atoms with Crippen LogP contribution in [0.4, 0.5) is 0 Å². The predicted octanol–water partition coefficient (Wildman–Crippen LogP) is 5.30. The molecule has 1 aromatic rings. The molecule has 1 saturated heterocycles. The Labute approximate surface area is 147 Å². The van der Waals surface area contributed by atoms with Crippen LogP contribution in [-0.4, -0.2) is 24.6 Å². The van der Waals surface area contributed by atoms with E-state index in [9.17, 15) is 4.79 Å². The van der Waals surface area contributed by atoms with Crippen LogP contribution in [0.1, 0.15) is 49.7 Å². The first-order valence-electron chi connectivity index (χ1n) is 8.22. The second-order valence-electron chi connectivity index (χ2n) is 6.09. The number of hydrogen-bond acceptors (Lipinski definition) is 5. The monoisotopic (exact) mass is 354 g/mol. The number of hydrogen-bond donors (Lipinski definition) is 0. The van der Waals surface area contributed by atoms with Gasteiger partial charge in [0, 0.05) is 12.0 Å². The van der Waals surface area contributed by atoms with Gasteiger partial charge in [-0.05, 0) is 48.5 Å². The lowest BCUT2D eigenvalue weighted by molar-refractivity contribution is -0.134. The molecule has 1 fully saturated rings. The Bertz CT molecular complexity index is 511. The molecular weight excluding hydrogens is 328 g/mol. The number of carbonyl (C=O) groups excluding carboxylic acids is 1. The van der Waals surface area contributed by atoms with E-state index in [0.29, 0.717) is 22.7 Å². The van der Waals surface area contributed by atoms with Crippen molar-refractivity contribution >= 4 is 29.5 Å². The van der Waals surface area contributed by atoms with Crippen molar-refractivity contribution < 1.29 is 14.3 Å². The Hall–Kier alpha value is -0.810. The average Bonchev–Trinajstić information content (AvgIpc) is 2.55. The van der Waals surface area contributed by atoms with Gasteiger partial charge in [-0.25, -0.2) is 0 Å². The van der Waals surface area contributed by atoms with Crippen LogP contribution in [0.2, 0.25) is 0 Å². The molecule has 128 valence electrons. The molecule has 0 spiro atoms. The molecule has 0 unspecified atom stereocenters. The number of thioether (sulfide) groups is 2. The Kier molecular flexibility index (Phi) is 7.63. The Morgan fingerprint density at radius 3 is 2.70 bits per heavy atom. The van der Waals surface area contributed by atoms with Gasteiger partial charge in [0.1, 0.15) is 11.5 Å². The molecule has 0 aliphatic carbocycles. The topological polar surface area (TPSA) is 35.5 Å². The summed E-state index contributed by atoms with van der Waals surface area (Å²) in [6.07, 6.45) is 3.66. The van der Waals surface area contributed by atoms with Crippen LogP contribution in [0, 0.1) is 5.92 Å². The van der Waals surface area contributed by atoms with Crippen molar-refractivity contribution in [3.05, 3.63) is 23.8 Å². The van der Waals surface area contributed by atoms with Gasteiger partial charge in [0.25, 0.3) is 0 Å². The standard InChI is InChI=1S/C18H26O3S2/c1-13(2)6-4-7-17(19)21-16-9-8-14(20-3)12-15(16)18-22-10-5-11-23-18/h8-9,12-13,18H,4-7,10-11H2,1-3H3. The summed E-state index contributed by atoms with van der Waals surface area (Å²) in [6, 6.07) is 5.73. The molecular formula is C18H26O3S2. The van der Waals surface area contributed by atoms with E-state index < -0.39 is 0 Å². The third kappa shape index (κ3) is 5.96. The number of methoxy groups -OCH3 is 1. The van der Waals surface area contributed by atoms with E-state index in [1.165, 1.54) is 6.42 Å². The fourth-order valence-corrected chi connectivity index (χ4v) is 5.35. The minimum atomic E-state index is -0.136. The molecule has 1 heterocycles. The van der Waals surface area contributed by atoms with Gasteiger partial charge in [0.2, 0.25) is 0 Å². The molecule has 3 nitrogen and oxygen atoms in total. The lowest BCUT2D eigenvalue weighted by Gasteiger charge is -2.23. The predicted molar refractivity (Wildman–Crippen MR) is 99.6 cm³/mol. The zero-order valence-corrected chi connectivity index (χ0v) is 15.8. The fraction of sp³-hybridized carbons (Fsp3) is 0.611. The normalized spacial score (nSPS) is 15.7.